The molecule has 8 heteroatoms. The quantitative estimate of drug-likeness (QED) is 0.702. The number of rotatable bonds is 4. The fraction of sp³-hybridized carbons (Fsp3) is 0.200. The number of hydrogen-bond donors (Lipinski definition) is 3. The van der Waals surface area contributed by atoms with Crippen LogP contribution in [0.15, 0.2) is 29.1 Å². The molecule has 0 unspecified atom stereocenters. The monoisotopic (exact) mass is 313 g/mol. The van der Waals surface area contributed by atoms with Crippen LogP contribution in [0.3, 0.4) is 0 Å². The maximum atomic E-state index is 11.5. The predicted octanol–water partition coefficient (Wildman–Crippen LogP) is 0.448. The molecule has 4 N–H and O–H groups in total. The molecule has 0 bridgehead atoms. The molecule has 1 aliphatic rings. The number of aromatic nitrogens is 2. The number of fused-ring (bicyclic) bond motifs is 1. The third kappa shape index (κ3) is 2.88. The molecule has 1 aromatic carbocycles. The molecule has 2 heterocycles. The van der Waals surface area contributed by atoms with Crippen molar-refractivity contribution in [3.63, 3.8) is 0 Å². The van der Waals surface area contributed by atoms with Crippen molar-refractivity contribution in [3.05, 3.63) is 45.9 Å². The summed E-state index contributed by atoms with van der Waals surface area (Å²) < 4.78 is 5.45. The van der Waals surface area contributed by atoms with E-state index >= 15 is 0 Å². The molecule has 0 amide bonds. The molecule has 0 spiro atoms. The van der Waals surface area contributed by atoms with Crippen molar-refractivity contribution in [3.8, 4) is 5.75 Å². The van der Waals surface area contributed by atoms with E-state index in [1.165, 1.54) is 6.07 Å². The first kappa shape index (κ1) is 14.7. The lowest BCUT2D eigenvalue weighted by atomic mass is 10.1. The van der Waals surface area contributed by atoms with Crippen LogP contribution in [0.5, 0.6) is 5.75 Å². The average molecular weight is 313 g/mol. The zero-order chi connectivity index (χ0) is 16.4. The first-order chi connectivity index (χ1) is 11.1. The fourth-order valence-electron chi connectivity index (χ4n) is 2.44. The van der Waals surface area contributed by atoms with Crippen LogP contribution < -0.4 is 26.5 Å². The topological polar surface area (TPSA) is 113 Å². The van der Waals surface area contributed by atoms with Crippen LogP contribution in [0.2, 0.25) is 0 Å². The molecule has 0 saturated carbocycles. The number of carbonyl (C=O) groups excluding carboxylic acids is 1. The normalized spacial score (nSPS) is 12.6. The van der Waals surface area contributed by atoms with Gasteiger partial charge in [-0.2, -0.15) is 0 Å². The molecule has 0 radical (unpaired) electrons. The number of ether oxygens (including phenoxy) is 1. The van der Waals surface area contributed by atoms with Gasteiger partial charge in [-0.15, -0.1) is 0 Å². The van der Waals surface area contributed by atoms with Crippen molar-refractivity contribution >= 4 is 23.3 Å². The van der Waals surface area contributed by atoms with Crippen LogP contribution in [0.25, 0.3) is 5.70 Å². The molecular weight excluding hydrogens is 298 g/mol. The van der Waals surface area contributed by atoms with E-state index < -0.39 is 0 Å². The summed E-state index contributed by atoms with van der Waals surface area (Å²) in [7, 11) is 0. The van der Waals surface area contributed by atoms with Crippen LogP contribution in [0.4, 0.5) is 11.6 Å². The Hall–Kier alpha value is -3.25. The number of nitrogen functional groups attached to an aromatic ring is 1. The van der Waals surface area contributed by atoms with E-state index in [1.54, 1.807) is 11.1 Å². The summed E-state index contributed by atoms with van der Waals surface area (Å²) in [6, 6.07) is 6.76. The lowest BCUT2D eigenvalue weighted by Gasteiger charge is -2.18. The Morgan fingerprint density at radius 2 is 2.22 bits per heavy atom. The smallest absolute Gasteiger partial charge is 0.252 e. The molecule has 0 atom stereocenters. The molecule has 8 nitrogen and oxygen atoms in total. The summed E-state index contributed by atoms with van der Waals surface area (Å²) >= 11 is 0. The molecule has 2 aromatic rings. The molecule has 118 valence electrons. The van der Waals surface area contributed by atoms with Crippen molar-refractivity contribution in [2.75, 3.05) is 17.3 Å². The Balaban J connectivity index is 1.95. The molecule has 1 aliphatic heterocycles. The third-order valence-electron chi connectivity index (χ3n) is 3.32. The molecule has 3 rings (SSSR count). The van der Waals surface area contributed by atoms with Gasteiger partial charge in [0.15, 0.2) is 5.94 Å². The maximum Gasteiger partial charge on any atom is 0.252 e. The highest BCUT2D eigenvalue weighted by atomic mass is 16.5. The first-order valence-corrected chi connectivity index (χ1v) is 7.03. The number of nitrogens with one attached hydrogen (secondary N) is 2. The summed E-state index contributed by atoms with van der Waals surface area (Å²) in [4.78, 5) is 29.1. The number of nitrogens with zero attached hydrogens (tertiary/aromatic N) is 2. The molecule has 0 fully saturated rings. The molecule has 0 saturated heterocycles. The van der Waals surface area contributed by atoms with Gasteiger partial charge in [0, 0.05) is 11.6 Å². The second kappa shape index (κ2) is 5.86. The van der Waals surface area contributed by atoms with E-state index in [4.69, 9.17) is 10.5 Å². The first-order valence-electron chi connectivity index (χ1n) is 7.03. The fourth-order valence-corrected chi connectivity index (χ4v) is 2.44. The Morgan fingerprint density at radius 3 is 2.91 bits per heavy atom. The van der Waals surface area contributed by atoms with Gasteiger partial charge in [0.05, 0.1) is 24.5 Å². The highest BCUT2D eigenvalue weighted by Gasteiger charge is 2.25. The van der Waals surface area contributed by atoms with Gasteiger partial charge in [-0.25, -0.2) is 9.78 Å². The Labute approximate surface area is 131 Å². The van der Waals surface area contributed by atoms with Crippen molar-refractivity contribution in [2.45, 2.75) is 13.5 Å². The Morgan fingerprint density at radius 1 is 1.39 bits per heavy atom. The maximum absolute atomic E-state index is 11.5. The predicted molar refractivity (Wildman–Crippen MR) is 85.3 cm³/mol. The van der Waals surface area contributed by atoms with Gasteiger partial charge in [0.25, 0.3) is 5.56 Å². The van der Waals surface area contributed by atoms with Crippen molar-refractivity contribution in [1.82, 2.24) is 15.4 Å². The standard InChI is InChI=1S/C15H15N5O3/c1-2-23-10-3-4-13-11(6-10)12(8-21)19-20(13)7-9-5-14(22)18-15(16)17-9/h3-6,19H,2,7H2,1H3,(H3,16,17,18,22). The highest BCUT2D eigenvalue weighted by Crippen LogP contribution is 2.34. The number of aromatic amines is 1. The number of H-pyrrole nitrogens is 1. The van der Waals surface area contributed by atoms with Crippen LogP contribution >= 0.6 is 0 Å². The molecule has 0 aliphatic carbocycles. The van der Waals surface area contributed by atoms with E-state index in [2.05, 4.69) is 15.4 Å². The number of hydrazine groups is 1. The summed E-state index contributed by atoms with van der Waals surface area (Å²) in [6.07, 6.45) is 0. The highest BCUT2D eigenvalue weighted by molar-refractivity contribution is 5.95. The van der Waals surface area contributed by atoms with E-state index in [0.29, 0.717) is 29.3 Å². The number of benzene rings is 1. The van der Waals surface area contributed by atoms with Gasteiger partial charge in [0.2, 0.25) is 5.95 Å². The van der Waals surface area contributed by atoms with Crippen molar-refractivity contribution in [2.24, 2.45) is 0 Å². The minimum Gasteiger partial charge on any atom is -0.494 e. The lowest BCUT2D eigenvalue weighted by molar-refractivity contribution is 0.340. The van der Waals surface area contributed by atoms with Crippen LogP contribution in [-0.2, 0) is 11.3 Å². The zero-order valence-corrected chi connectivity index (χ0v) is 12.4. The van der Waals surface area contributed by atoms with Gasteiger partial charge < -0.3 is 10.5 Å². The van der Waals surface area contributed by atoms with E-state index in [1.807, 2.05) is 25.0 Å². The van der Waals surface area contributed by atoms with Gasteiger partial charge >= 0.3 is 0 Å². The zero-order valence-electron chi connectivity index (χ0n) is 12.4. The van der Waals surface area contributed by atoms with Crippen molar-refractivity contribution < 1.29 is 9.53 Å². The van der Waals surface area contributed by atoms with Gasteiger partial charge in [-0.05, 0) is 25.1 Å². The lowest BCUT2D eigenvalue weighted by Crippen LogP contribution is -2.32. The minimum absolute atomic E-state index is 0.0461. The number of hydrogen-bond acceptors (Lipinski definition) is 7. The Bertz CT molecular complexity index is 854. The van der Waals surface area contributed by atoms with Gasteiger partial charge in [0.1, 0.15) is 11.4 Å². The number of anilines is 2. The summed E-state index contributed by atoms with van der Waals surface area (Å²) in [6.45, 7) is 2.68. The summed E-state index contributed by atoms with van der Waals surface area (Å²) in [5.74, 6) is 2.59. The third-order valence-corrected chi connectivity index (χ3v) is 3.32. The van der Waals surface area contributed by atoms with Crippen LogP contribution in [0, 0.1) is 0 Å². The summed E-state index contributed by atoms with van der Waals surface area (Å²) in [5.41, 5.74) is 10.4. The van der Waals surface area contributed by atoms with E-state index in [-0.39, 0.29) is 18.1 Å². The van der Waals surface area contributed by atoms with E-state index in [9.17, 15) is 9.59 Å². The van der Waals surface area contributed by atoms with Gasteiger partial charge in [-0.1, -0.05) is 0 Å². The van der Waals surface area contributed by atoms with Crippen LogP contribution in [-0.4, -0.2) is 22.5 Å². The molecule has 1 aromatic heterocycles. The van der Waals surface area contributed by atoms with Crippen molar-refractivity contribution in [1.29, 1.82) is 0 Å². The second-order valence-electron chi connectivity index (χ2n) is 4.91. The minimum atomic E-state index is -0.329. The SMILES string of the molecule is CCOc1ccc2c(c1)C(=C=O)NN2Cc1cc(=O)[nH]c(N)n1. The number of nitrogens with two attached hydrogens (primary N) is 1. The largest absolute Gasteiger partial charge is 0.494 e. The van der Waals surface area contributed by atoms with Gasteiger partial charge in [-0.3, -0.25) is 20.2 Å². The molecular formula is C15H15N5O3. The van der Waals surface area contributed by atoms with E-state index in [0.717, 1.165) is 5.69 Å². The average Bonchev–Trinajstić information content (AvgIpc) is 2.84. The Kier molecular flexibility index (Phi) is 3.74. The molecule has 23 heavy (non-hydrogen) atoms. The second-order valence-corrected chi connectivity index (χ2v) is 4.91. The van der Waals surface area contributed by atoms with Crippen LogP contribution in [0.1, 0.15) is 18.2 Å². The summed E-state index contributed by atoms with van der Waals surface area (Å²) in [5, 5.41) is 1.70.